The summed E-state index contributed by atoms with van der Waals surface area (Å²) in [6.07, 6.45) is 2.47. The van der Waals surface area contributed by atoms with Gasteiger partial charge in [0.25, 0.3) is 11.8 Å². The summed E-state index contributed by atoms with van der Waals surface area (Å²) in [4.78, 5) is 26.4. The van der Waals surface area contributed by atoms with Crippen molar-refractivity contribution in [1.29, 1.82) is 0 Å². The molecule has 1 aromatic heterocycles. The number of rotatable bonds is 2. The topological polar surface area (TPSA) is 74.6 Å². The van der Waals surface area contributed by atoms with Crippen LogP contribution in [0.15, 0.2) is 42.6 Å². The highest BCUT2D eigenvalue weighted by atomic mass is 16.5. The molecule has 0 aliphatic carbocycles. The lowest BCUT2D eigenvalue weighted by atomic mass is 9.92. The Balaban J connectivity index is 2.02. The first-order chi connectivity index (χ1) is 10.6. The number of hydroxylamine groups is 1. The zero-order valence-electron chi connectivity index (χ0n) is 12.2. The van der Waals surface area contributed by atoms with Crippen LogP contribution in [-0.4, -0.2) is 33.0 Å². The third-order valence-electron chi connectivity index (χ3n) is 4.07. The normalized spacial score (nSPS) is 17.0. The van der Waals surface area contributed by atoms with Gasteiger partial charge in [0.15, 0.2) is 0 Å². The molecule has 2 heterocycles. The van der Waals surface area contributed by atoms with Crippen LogP contribution in [0, 0.1) is 0 Å². The van der Waals surface area contributed by atoms with Gasteiger partial charge in [0.2, 0.25) is 0 Å². The summed E-state index contributed by atoms with van der Waals surface area (Å²) < 4.78 is 1.72. The smallest absolute Gasteiger partial charge is 0.271 e. The molecule has 0 radical (unpaired) electrons. The third-order valence-corrected chi connectivity index (χ3v) is 4.07. The van der Waals surface area contributed by atoms with Gasteiger partial charge in [-0.05, 0) is 29.7 Å². The van der Waals surface area contributed by atoms with E-state index in [1.54, 1.807) is 35.4 Å². The maximum Gasteiger partial charge on any atom is 0.271 e. The van der Waals surface area contributed by atoms with Gasteiger partial charge in [-0.25, -0.2) is 5.48 Å². The molecule has 2 aromatic rings. The minimum atomic E-state index is -0.822. The van der Waals surface area contributed by atoms with Gasteiger partial charge in [0.05, 0.1) is 0 Å². The predicted molar refractivity (Wildman–Crippen MR) is 79.3 cm³/mol. The van der Waals surface area contributed by atoms with Crippen LogP contribution in [-0.2, 0) is 18.3 Å². The van der Waals surface area contributed by atoms with Crippen molar-refractivity contribution in [3.05, 3.63) is 59.4 Å². The number of hydrogen-bond donors (Lipinski definition) is 2. The molecule has 0 bridgehead atoms. The summed E-state index contributed by atoms with van der Waals surface area (Å²) >= 11 is 0. The Morgan fingerprint density at radius 2 is 2.00 bits per heavy atom. The van der Waals surface area contributed by atoms with Crippen LogP contribution in [0.2, 0.25) is 0 Å². The molecule has 1 aliphatic heterocycles. The van der Waals surface area contributed by atoms with E-state index in [1.807, 2.05) is 24.3 Å². The molecule has 1 aromatic carbocycles. The van der Waals surface area contributed by atoms with E-state index in [1.165, 1.54) is 4.90 Å². The standard InChI is InChI=1S/C16H17N3O3/c1-18-9-4-7-13(18)16(21)19-10-8-11-5-2-3-6-12(11)14(19)15(20)17-22/h2-7,9,14,22H,8,10H2,1H3,(H,17,20). The van der Waals surface area contributed by atoms with Gasteiger partial charge in [-0.1, -0.05) is 24.3 Å². The van der Waals surface area contributed by atoms with Crippen LogP contribution in [0.3, 0.4) is 0 Å². The van der Waals surface area contributed by atoms with Crippen molar-refractivity contribution in [2.75, 3.05) is 6.54 Å². The van der Waals surface area contributed by atoms with Crippen molar-refractivity contribution < 1.29 is 14.8 Å². The van der Waals surface area contributed by atoms with E-state index in [0.717, 1.165) is 11.1 Å². The van der Waals surface area contributed by atoms with Gasteiger partial charge in [-0.2, -0.15) is 0 Å². The number of nitrogens with one attached hydrogen (secondary N) is 1. The van der Waals surface area contributed by atoms with Crippen LogP contribution in [0.1, 0.15) is 27.7 Å². The Bertz CT molecular complexity index is 723. The predicted octanol–water partition coefficient (Wildman–Crippen LogP) is 1.27. The molecule has 6 heteroatoms. The minimum absolute atomic E-state index is 0.226. The fourth-order valence-electron chi connectivity index (χ4n) is 2.96. The summed E-state index contributed by atoms with van der Waals surface area (Å²) in [5.41, 5.74) is 3.96. The van der Waals surface area contributed by atoms with Crippen molar-refractivity contribution in [1.82, 2.24) is 14.9 Å². The van der Waals surface area contributed by atoms with E-state index < -0.39 is 11.9 Å². The van der Waals surface area contributed by atoms with E-state index in [4.69, 9.17) is 5.21 Å². The molecule has 1 atom stereocenters. The second-order valence-electron chi connectivity index (χ2n) is 5.33. The van der Waals surface area contributed by atoms with E-state index in [2.05, 4.69) is 0 Å². The quantitative estimate of drug-likeness (QED) is 0.648. The van der Waals surface area contributed by atoms with E-state index >= 15 is 0 Å². The summed E-state index contributed by atoms with van der Waals surface area (Å²) in [7, 11) is 1.78. The molecule has 3 rings (SSSR count). The number of fused-ring (bicyclic) bond motifs is 1. The molecule has 0 saturated carbocycles. The second kappa shape index (κ2) is 5.65. The molecular formula is C16H17N3O3. The lowest BCUT2D eigenvalue weighted by molar-refractivity contribution is -0.134. The zero-order chi connectivity index (χ0) is 15.7. The van der Waals surface area contributed by atoms with Gasteiger partial charge in [-0.15, -0.1) is 0 Å². The molecule has 0 spiro atoms. The minimum Gasteiger partial charge on any atom is -0.347 e. The van der Waals surface area contributed by atoms with Crippen molar-refractivity contribution in [3.8, 4) is 0 Å². The summed E-state index contributed by atoms with van der Waals surface area (Å²) in [6, 6.07) is 10.2. The number of amides is 2. The molecule has 2 amide bonds. The lowest BCUT2D eigenvalue weighted by Gasteiger charge is -2.35. The molecule has 6 nitrogen and oxygen atoms in total. The maximum atomic E-state index is 12.8. The number of carbonyl (C=O) groups excluding carboxylic acids is 2. The molecule has 0 fully saturated rings. The Hall–Kier alpha value is -2.60. The number of aryl methyl sites for hydroxylation is 1. The van der Waals surface area contributed by atoms with Crippen LogP contribution >= 0.6 is 0 Å². The molecule has 22 heavy (non-hydrogen) atoms. The Labute approximate surface area is 127 Å². The number of hydrogen-bond acceptors (Lipinski definition) is 3. The highest BCUT2D eigenvalue weighted by Crippen LogP contribution is 2.31. The highest BCUT2D eigenvalue weighted by Gasteiger charge is 2.36. The number of nitrogens with zero attached hydrogens (tertiary/aromatic N) is 2. The van der Waals surface area contributed by atoms with Crippen LogP contribution in [0.5, 0.6) is 0 Å². The van der Waals surface area contributed by atoms with Gasteiger partial charge in [0.1, 0.15) is 11.7 Å². The van der Waals surface area contributed by atoms with Crippen molar-refractivity contribution >= 4 is 11.8 Å². The van der Waals surface area contributed by atoms with Gasteiger partial charge in [0, 0.05) is 19.8 Å². The van der Waals surface area contributed by atoms with Crippen molar-refractivity contribution in [2.45, 2.75) is 12.5 Å². The average Bonchev–Trinajstić information content (AvgIpc) is 2.98. The number of benzene rings is 1. The van der Waals surface area contributed by atoms with Crippen LogP contribution in [0.25, 0.3) is 0 Å². The lowest BCUT2D eigenvalue weighted by Crippen LogP contribution is -2.47. The van der Waals surface area contributed by atoms with Crippen LogP contribution < -0.4 is 5.48 Å². The number of aromatic nitrogens is 1. The molecule has 0 saturated heterocycles. The molecule has 1 aliphatic rings. The van der Waals surface area contributed by atoms with E-state index in [9.17, 15) is 9.59 Å². The van der Waals surface area contributed by atoms with E-state index in [-0.39, 0.29) is 5.91 Å². The third kappa shape index (κ3) is 2.27. The first kappa shape index (κ1) is 14.3. The highest BCUT2D eigenvalue weighted by molar-refractivity contribution is 5.97. The first-order valence-electron chi connectivity index (χ1n) is 7.07. The molecule has 1 unspecified atom stereocenters. The monoisotopic (exact) mass is 299 g/mol. The van der Waals surface area contributed by atoms with Gasteiger partial charge in [-0.3, -0.25) is 14.8 Å². The summed E-state index contributed by atoms with van der Waals surface area (Å²) in [5.74, 6) is -0.828. The van der Waals surface area contributed by atoms with Crippen molar-refractivity contribution in [3.63, 3.8) is 0 Å². The van der Waals surface area contributed by atoms with Crippen molar-refractivity contribution in [2.24, 2.45) is 7.05 Å². The number of carbonyl (C=O) groups is 2. The van der Waals surface area contributed by atoms with Gasteiger partial charge >= 0.3 is 0 Å². The molecular weight excluding hydrogens is 282 g/mol. The Morgan fingerprint density at radius 3 is 2.68 bits per heavy atom. The maximum absolute atomic E-state index is 12.8. The SMILES string of the molecule is Cn1cccc1C(=O)N1CCc2ccccc2C1C(=O)NO. The Morgan fingerprint density at radius 1 is 1.23 bits per heavy atom. The molecule has 2 N–H and O–H groups in total. The summed E-state index contributed by atoms with van der Waals surface area (Å²) in [6.45, 7) is 0.430. The second-order valence-corrected chi connectivity index (χ2v) is 5.33. The largest absolute Gasteiger partial charge is 0.347 e. The average molecular weight is 299 g/mol. The summed E-state index contributed by atoms with van der Waals surface area (Å²) in [5, 5.41) is 9.05. The fraction of sp³-hybridized carbons (Fsp3) is 0.250. The molecule has 114 valence electrons. The van der Waals surface area contributed by atoms with E-state index in [0.29, 0.717) is 18.7 Å². The van der Waals surface area contributed by atoms with Gasteiger partial charge < -0.3 is 9.47 Å². The first-order valence-corrected chi connectivity index (χ1v) is 7.07. The Kier molecular flexibility index (Phi) is 3.68. The van der Waals surface area contributed by atoms with Crippen LogP contribution in [0.4, 0.5) is 0 Å². The zero-order valence-corrected chi connectivity index (χ0v) is 12.2. The fourth-order valence-corrected chi connectivity index (χ4v) is 2.96.